The summed E-state index contributed by atoms with van der Waals surface area (Å²) >= 11 is 1.12. The van der Waals surface area contributed by atoms with Crippen molar-refractivity contribution in [1.29, 1.82) is 0 Å². The van der Waals surface area contributed by atoms with E-state index in [0.717, 1.165) is 16.1 Å². The van der Waals surface area contributed by atoms with Gasteiger partial charge in [0.25, 0.3) is 5.22 Å². The van der Waals surface area contributed by atoms with E-state index in [2.05, 4.69) is 4.98 Å². The lowest BCUT2D eigenvalue weighted by Crippen LogP contribution is -2.22. The molecule has 0 atom stereocenters. The number of oxazole rings is 1. The Bertz CT molecular complexity index is 1150. The Labute approximate surface area is 172 Å². The monoisotopic (exact) mass is 436 g/mol. The molecule has 3 rings (SSSR count). The zero-order valence-electron chi connectivity index (χ0n) is 16.3. The van der Waals surface area contributed by atoms with Crippen molar-refractivity contribution in [2.45, 2.75) is 10.1 Å². The lowest BCUT2D eigenvalue weighted by molar-refractivity contribution is 0.101. The number of nitrogens with zero attached hydrogens (tertiary/aromatic N) is 2. The van der Waals surface area contributed by atoms with Crippen LogP contribution in [0.5, 0.6) is 11.5 Å². The molecule has 0 spiro atoms. The smallest absolute Gasteiger partial charge is 0.257 e. The summed E-state index contributed by atoms with van der Waals surface area (Å²) in [7, 11) is 2.36. The van der Waals surface area contributed by atoms with Crippen LogP contribution < -0.4 is 9.47 Å². The molecule has 2 aromatic carbocycles. The minimum atomic E-state index is -3.57. The minimum absolute atomic E-state index is 0.0687. The van der Waals surface area contributed by atoms with Gasteiger partial charge < -0.3 is 13.9 Å². The Morgan fingerprint density at radius 3 is 2.55 bits per heavy atom. The van der Waals surface area contributed by atoms with E-state index in [1.807, 2.05) is 0 Å². The number of sulfonamides is 1. The van der Waals surface area contributed by atoms with Crippen molar-refractivity contribution in [3.05, 3.63) is 42.0 Å². The lowest BCUT2D eigenvalue weighted by Gasteiger charge is -2.10. The van der Waals surface area contributed by atoms with Gasteiger partial charge in [0.05, 0.1) is 30.4 Å². The number of hydrogen-bond donors (Lipinski definition) is 0. The average Bonchev–Trinajstić information content (AvgIpc) is 3.13. The fourth-order valence-electron chi connectivity index (χ4n) is 2.56. The largest absolute Gasteiger partial charge is 0.497 e. The summed E-state index contributed by atoms with van der Waals surface area (Å²) in [5, 5.41) is 0.273. The Hall–Kier alpha value is -2.56. The van der Waals surface area contributed by atoms with Gasteiger partial charge in [-0.15, -0.1) is 0 Å². The van der Waals surface area contributed by atoms with Gasteiger partial charge in [-0.25, -0.2) is 17.7 Å². The number of benzene rings is 2. The maximum absolute atomic E-state index is 12.6. The number of carbonyl (C=O) groups is 1. The van der Waals surface area contributed by atoms with Crippen LogP contribution in [0.25, 0.3) is 11.1 Å². The molecule has 3 aromatic rings. The average molecular weight is 437 g/mol. The van der Waals surface area contributed by atoms with Crippen molar-refractivity contribution in [3.63, 3.8) is 0 Å². The molecular formula is C19H20N2O6S2. The maximum Gasteiger partial charge on any atom is 0.257 e. The summed E-state index contributed by atoms with van der Waals surface area (Å²) < 4.78 is 41.7. The van der Waals surface area contributed by atoms with Gasteiger partial charge in [-0.2, -0.15) is 0 Å². The first-order chi connectivity index (χ1) is 13.8. The Kier molecular flexibility index (Phi) is 6.15. The highest BCUT2D eigenvalue weighted by Crippen LogP contribution is 2.29. The molecule has 0 aliphatic rings. The van der Waals surface area contributed by atoms with Crippen LogP contribution in [0.3, 0.4) is 0 Å². The Morgan fingerprint density at radius 1 is 1.14 bits per heavy atom. The van der Waals surface area contributed by atoms with Gasteiger partial charge in [0.15, 0.2) is 11.4 Å². The summed E-state index contributed by atoms with van der Waals surface area (Å²) in [4.78, 5) is 17.0. The van der Waals surface area contributed by atoms with Crippen LogP contribution in [0.2, 0.25) is 0 Å². The number of hydrogen-bond acceptors (Lipinski definition) is 8. The zero-order chi connectivity index (χ0) is 21.2. The summed E-state index contributed by atoms with van der Waals surface area (Å²) in [6, 6.07) is 9.46. The molecule has 0 N–H and O–H groups in total. The van der Waals surface area contributed by atoms with Crippen molar-refractivity contribution in [2.75, 3.05) is 34.1 Å². The molecule has 0 amide bonds. The van der Waals surface area contributed by atoms with E-state index in [9.17, 15) is 13.2 Å². The second-order valence-electron chi connectivity index (χ2n) is 6.17. The number of methoxy groups -OCH3 is 2. The quantitative estimate of drug-likeness (QED) is 0.392. The van der Waals surface area contributed by atoms with Gasteiger partial charge in [-0.05, 0) is 36.4 Å². The van der Waals surface area contributed by atoms with Gasteiger partial charge in [-0.1, -0.05) is 11.8 Å². The van der Waals surface area contributed by atoms with E-state index in [0.29, 0.717) is 28.2 Å². The summed E-state index contributed by atoms with van der Waals surface area (Å²) in [5.41, 5.74) is 1.24. The van der Waals surface area contributed by atoms with Gasteiger partial charge in [-0.3, -0.25) is 4.79 Å². The third kappa shape index (κ3) is 4.39. The molecule has 0 fully saturated rings. The minimum Gasteiger partial charge on any atom is -0.497 e. The first kappa shape index (κ1) is 21.2. The van der Waals surface area contributed by atoms with Crippen LogP contribution in [0.4, 0.5) is 0 Å². The van der Waals surface area contributed by atoms with Gasteiger partial charge in [0.2, 0.25) is 10.0 Å². The third-order valence-corrected chi connectivity index (χ3v) is 6.79. The van der Waals surface area contributed by atoms with Gasteiger partial charge in [0.1, 0.15) is 17.0 Å². The van der Waals surface area contributed by atoms with Crippen LogP contribution >= 0.6 is 11.8 Å². The van der Waals surface area contributed by atoms with E-state index in [1.54, 1.807) is 24.3 Å². The van der Waals surface area contributed by atoms with Gasteiger partial charge in [0, 0.05) is 14.1 Å². The van der Waals surface area contributed by atoms with Crippen molar-refractivity contribution in [2.24, 2.45) is 0 Å². The fourth-order valence-corrected chi connectivity index (χ4v) is 4.20. The molecule has 0 saturated carbocycles. The first-order valence-corrected chi connectivity index (χ1v) is 10.9. The van der Waals surface area contributed by atoms with Crippen molar-refractivity contribution in [3.8, 4) is 11.5 Å². The number of aromatic nitrogens is 1. The van der Waals surface area contributed by atoms with E-state index < -0.39 is 10.0 Å². The van der Waals surface area contributed by atoms with Crippen molar-refractivity contribution < 1.29 is 27.1 Å². The lowest BCUT2D eigenvalue weighted by atomic mass is 10.1. The highest BCUT2D eigenvalue weighted by atomic mass is 32.2. The highest BCUT2D eigenvalue weighted by Gasteiger charge is 2.20. The maximum atomic E-state index is 12.6. The molecule has 0 radical (unpaired) electrons. The van der Waals surface area contributed by atoms with Crippen molar-refractivity contribution >= 4 is 38.7 Å². The molecule has 8 nitrogen and oxygen atoms in total. The standard InChI is InChI=1S/C19H20N2O6S2/c1-21(2)29(23,24)13-6-8-18-15(10-13)20-19(27-18)28-11-16(22)14-9-12(25-3)5-7-17(14)26-4/h5-10H,11H2,1-4H3. The van der Waals surface area contributed by atoms with E-state index in [-0.39, 0.29) is 21.7 Å². The third-order valence-electron chi connectivity index (χ3n) is 4.15. The second kappa shape index (κ2) is 8.44. The number of carbonyl (C=O) groups excluding carboxylic acids is 1. The topological polar surface area (TPSA) is 98.9 Å². The molecular weight excluding hydrogens is 416 g/mol. The molecule has 1 heterocycles. The van der Waals surface area contributed by atoms with E-state index in [4.69, 9.17) is 13.9 Å². The number of Topliss-reactive ketones (excluding diaryl/α,β-unsaturated/α-hetero) is 1. The second-order valence-corrected chi connectivity index (χ2v) is 9.25. The van der Waals surface area contributed by atoms with Crippen LogP contribution in [-0.2, 0) is 10.0 Å². The molecule has 0 bridgehead atoms. The number of rotatable bonds is 8. The predicted molar refractivity (Wildman–Crippen MR) is 109 cm³/mol. The number of fused-ring (bicyclic) bond motifs is 1. The Balaban J connectivity index is 1.80. The normalized spacial score (nSPS) is 11.8. The number of thioether (sulfide) groups is 1. The van der Waals surface area contributed by atoms with Gasteiger partial charge >= 0.3 is 0 Å². The molecule has 0 unspecified atom stereocenters. The molecule has 0 aliphatic carbocycles. The molecule has 0 aliphatic heterocycles. The first-order valence-electron chi connectivity index (χ1n) is 8.47. The molecule has 154 valence electrons. The molecule has 10 heteroatoms. The zero-order valence-corrected chi connectivity index (χ0v) is 18.0. The highest BCUT2D eigenvalue weighted by molar-refractivity contribution is 7.99. The van der Waals surface area contributed by atoms with Crippen LogP contribution in [0, 0.1) is 0 Å². The van der Waals surface area contributed by atoms with Crippen LogP contribution in [0.15, 0.2) is 50.9 Å². The van der Waals surface area contributed by atoms with E-state index in [1.165, 1.54) is 40.4 Å². The summed E-state index contributed by atoms with van der Waals surface area (Å²) in [6.45, 7) is 0. The predicted octanol–water partition coefficient (Wildman–Crippen LogP) is 3.07. The summed E-state index contributed by atoms with van der Waals surface area (Å²) in [6.07, 6.45) is 0. The van der Waals surface area contributed by atoms with Crippen LogP contribution in [0.1, 0.15) is 10.4 Å². The molecule has 29 heavy (non-hydrogen) atoms. The molecule has 0 saturated heterocycles. The van der Waals surface area contributed by atoms with E-state index >= 15 is 0 Å². The summed E-state index contributed by atoms with van der Waals surface area (Å²) in [5.74, 6) is 0.895. The number of ketones is 1. The SMILES string of the molecule is COc1ccc(OC)c(C(=O)CSc2nc3cc(S(=O)(=O)N(C)C)ccc3o2)c1. The number of ether oxygens (including phenoxy) is 2. The van der Waals surface area contributed by atoms with Crippen molar-refractivity contribution in [1.82, 2.24) is 9.29 Å². The fraction of sp³-hybridized carbons (Fsp3) is 0.263. The van der Waals surface area contributed by atoms with Crippen LogP contribution in [-0.4, -0.2) is 57.6 Å². The Morgan fingerprint density at radius 2 is 1.90 bits per heavy atom. The molecule has 1 aromatic heterocycles.